The van der Waals surface area contributed by atoms with E-state index >= 15 is 0 Å². The fourth-order valence-corrected chi connectivity index (χ4v) is 1.35. The van der Waals surface area contributed by atoms with Crippen molar-refractivity contribution >= 4 is 11.6 Å². The van der Waals surface area contributed by atoms with E-state index in [0.29, 0.717) is 18.7 Å². The highest BCUT2D eigenvalue weighted by Gasteiger charge is 2.06. The maximum Gasteiger partial charge on any atom is 0.221 e. The van der Waals surface area contributed by atoms with E-state index in [-0.39, 0.29) is 5.91 Å². The quantitative estimate of drug-likeness (QED) is 0.691. The molecule has 0 unspecified atom stereocenters. The van der Waals surface area contributed by atoms with Crippen molar-refractivity contribution in [3.8, 4) is 0 Å². The van der Waals surface area contributed by atoms with Gasteiger partial charge in [0.2, 0.25) is 5.91 Å². The predicted molar refractivity (Wildman–Crippen MR) is 59.4 cm³/mol. The van der Waals surface area contributed by atoms with Crippen molar-refractivity contribution in [2.75, 3.05) is 11.9 Å². The van der Waals surface area contributed by atoms with Gasteiger partial charge in [0.25, 0.3) is 0 Å². The number of amides is 1. The molecular weight excluding hydrogens is 192 g/mol. The van der Waals surface area contributed by atoms with Crippen LogP contribution in [0.4, 0.5) is 5.69 Å². The Labute approximate surface area is 89.1 Å². The van der Waals surface area contributed by atoms with E-state index in [9.17, 15) is 9.90 Å². The Morgan fingerprint density at radius 3 is 2.93 bits per heavy atom. The fourth-order valence-electron chi connectivity index (χ4n) is 1.35. The van der Waals surface area contributed by atoms with Crippen LogP contribution < -0.4 is 11.1 Å². The van der Waals surface area contributed by atoms with Crippen LogP contribution in [0.25, 0.3) is 0 Å². The number of nitrogens with one attached hydrogen (secondary N) is 1. The topological polar surface area (TPSA) is 75.3 Å². The summed E-state index contributed by atoms with van der Waals surface area (Å²) in [6.07, 6.45) is -0.0486. The van der Waals surface area contributed by atoms with Crippen LogP contribution in [0, 0.1) is 0 Å². The third kappa shape index (κ3) is 3.69. The summed E-state index contributed by atoms with van der Waals surface area (Å²) in [6, 6.07) is 7.13. The Balaban J connectivity index is 2.77. The smallest absolute Gasteiger partial charge is 0.221 e. The van der Waals surface area contributed by atoms with Crippen molar-refractivity contribution in [1.29, 1.82) is 0 Å². The highest BCUT2D eigenvalue weighted by atomic mass is 16.3. The van der Waals surface area contributed by atoms with Gasteiger partial charge >= 0.3 is 0 Å². The van der Waals surface area contributed by atoms with Gasteiger partial charge in [-0.3, -0.25) is 4.79 Å². The third-order valence-electron chi connectivity index (χ3n) is 2.03. The molecule has 1 aromatic rings. The van der Waals surface area contributed by atoms with Crippen LogP contribution in [0.1, 0.15) is 25.0 Å². The van der Waals surface area contributed by atoms with E-state index in [4.69, 9.17) is 5.73 Å². The Kier molecular flexibility index (Phi) is 4.27. The number of hydrogen-bond donors (Lipinski definition) is 3. The van der Waals surface area contributed by atoms with Crippen LogP contribution in [-0.4, -0.2) is 17.6 Å². The highest BCUT2D eigenvalue weighted by Crippen LogP contribution is 2.19. The summed E-state index contributed by atoms with van der Waals surface area (Å²) in [6.45, 7) is 1.88. The molecule has 1 rings (SSSR count). The lowest BCUT2D eigenvalue weighted by Crippen LogP contribution is -2.09. The molecule has 82 valence electrons. The SMILES string of the molecule is CC(=O)Nc1cccc([C@H](O)CCN)c1. The number of carbonyl (C=O) groups excluding carboxylic acids is 1. The van der Waals surface area contributed by atoms with Crippen molar-refractivity contribution in [1.82, 2.24) is 0 Å². The number of rotatable bonds is 4. The van der Waals surface area contributed by atoms with Crippen LogP contribution in [0.2, 0.25) is 0 Å². The molecule has 0 bridgehead atoms. The van der Waals surface area contributed by atoms with E-state index < -0.39 is 6.10 Å². The molecule has 1 atom stereocenters. The molecule has 4 N–H and O–H groups in total. The molecule has 0 aliphatic carbocycles. The first-order chi connectivity index (χ1) is 7.13. The normalized spacial score (nSPS) is 12.2. The Bertz CT molecular complexity index is 339. The summed E-state index contributed by atoms with van der Waals surface area (Å²) in [7, 11) is 0. The van der Waals surface area contributed by atoms with E-state index in [0.717, 1.165) is 5.56 Å². The van der Waals surface area contributed by atoms with Crippen molar-refractivity contribution in [3.63, 3.8) is 0 Å². The number of aliphatic hydroxyl groups is 1. The molecule has 1 aromatic carbocycles. The van der Waals surface area contributed by atoms with Crippen LogP contribution in [0.15, 0.2) is 24.3 Å². The molecule has 1 amide bonds. The lowest BCUT2D eigenvalue weighted by Gasteiger charge is -2.11. The molecule has 0 aromatic heterocycles. The van der Waals surface area contributed by atoms with E-state index in [1.54, 1.807) is 18.2 Å². The van der Waals surface area contributed by atoms with Crippen LogP contribution in [0.3, 0.4) is 0 Å². The number of carbonyl (C=O) groups is 1. The standard InChI is InChI=1S/C11H16N2O2/c1-8(14)13-10-4-2-3-9(7-10)11(15)5-6-12/h2-4,7,11,15H,5-6,12H2,1H3,(H,13,14)/t11-/m1/s1. The molecule has 0 fully saturated rings. The molecule has 0 saturated carbocycles. The molecule has 4 nitrogen and oxygen atoms in total. The van der Waals surface area contributed by atoms with Gasteiger partial charge in [0.1, 0.15) is 0 Å². The van der Waals surface area contributed by atoms with Gasteiger partial charge in [0.05, 0.1) is 6.10 Å². The van der Waals surface area contributed by atoms with E-state index in [1.807, 2.05) is 6.07 Å². The second-order valence-corrected chi connectivity index (χ2v) is 3.40. The van der Waals surface area contributed by atoms with E-state index in [2.05, 4.69) is 5.32 Å². The summed E-state index contributed by atoms with van der Waals surface area (Å²) in [5.74, 6) is -0.125. The number of hydrogen-bond acceptors (Lipinski definition) is 3. The second kappa shape index (κ2) is 5.48. The lowest BCUT2D eigenvalue weighted by atomic mass is 10.1. The minimum absolute atomic E-state index is 0.125. The van der Waals surface area contributed by atoms with Gasteiger partial charge in [-0.25, -0.2) is 0 Å². The van der Waals surface area contributed by atoms with Crippen LogP contribution >= 0.6 is 0 Å². The van der Waals surface area contributed by atoms with Crippen molar-refractivity contribution in [2.45, 2.75) is 19.4 Å². The van der Waals surface area contributed by atoms with Crippen molar-refractivity contribution in [3.05, 3.63) is 29.8 Å². The molecule has 15 heavy (non-hydrogen) atoms. The average molecular weight is 208 g/mol. The fraction of sp³-hybridized carbons (Fsp3) is 0.364. The number of aliphatic hydroxyl groups excluding tert-OH is 1. The third-order valence-corrected chi connectivity index (χ3v) is 2.03. The van der Waals surface area contributed by atoms with Gasteiger partial charge in [0.15, 0.2) is 0 Å². The van der Waals surface area contributed by atoms with Crippen molar-refractivity contribution < 1.29 is 9.90 Å². The minimum Gasteiger partial charge on any atom is -0.388 e. The summed E-state index contributed by atoms with van der Waals surface area (Å²) in [4.78, 5) is 10.8. The molecule has 4 heteroatoms. The summed E-state index contributed by atoms with van der Waals surface area (Å²) >= 11 is 0. The first-order valence-corrected chi connectivity index (χ1v) is 4.89. The Hall–Kier alpha value is -1.39. The van der Waals surface area contributed by atoms with Crippen LogP contribution in [0.5, 0.6) is 0 Å². The molecule has 0 heterocycles. The summed E-state index contributed by atoms with van der Waals surface area (Å²) in [5.41, 5.74) is 6.82. The van der Waals surface area contributed by atoms with Gasteiger partial charge in [-0.2, -0.15) is 0 Å². The predicted octanol–water partition coefficient (Wildman–Crippen LogP) is 1.03. The summed E-state index contributed by atoms with van der Waals surface area (Å²) < 4.78 is 0. The van der Waals surface area contributed by atoms with Gasteiger partial charge in [0, 0.05) is 12.6 Å². The number of nitrogens with two attached hydrogens (primary N) is 1. The minimum atomic E-state index is -0.566. The second-order valence-electron chi connectivity index (χ2n) is 3.40. The molecule has 0 aliphatic heterocycles. The van der Waals surface area contributed by atoms with E-state index in [1.165, 1.54) is 6.92 Å². The molecule has 0 aliphatic rings. The zero-order valence-electron chi connectivity index (χ0n) is 8.73. The van der Waals surface area contributed by atoms with Gasteiger partial charge in [-0.05, 0) is 30.7 Å². The maximum absolute atomic E-state index is 10.8. The Morgan fingerprint density at radius 2 is 2.33 bits per heavy atom. The van der Waals surface area contributed by atoms with Gasteiger partial charge < -0.3 is 16.2 Å². The summed E-state index contributed by atoms with van der Waals surface area (Å²) in [5, 5.41) is 12.3. The highest BCUT2D eigenvalue weighted by molar-refractivity contribution is 5.88. The zero-order chi connectivity index (χ0) is 11.3. The van der Waals surface area contributed by atoms with Crippen molar-refractivity contribution in [2.24, 2.45) is 5.73 Å². The molecular formula is C11H16N2O2. The lowest BCUT2D eigenvalue weighted by molar-refractivity contribution is -0.114. The maximum atomic E-state index is 10.8. The van der Waals surface area contributed by atoms with Gasteiger partial charge in [-0.15, -0.1) is 0 Å². The molecule has 0 spiro atoms. The largest absolute Gasteiger partial charge is 0.388 e. The average Bonchev–Trinajstić information content (AvgIpc) is 2.17. The monoisotopic (exact) mass is 208 g/mol. The number of anilines is 1. The first-order valence-electron chi connectivity index (χ1n) is 4.89. The number of benzene rings is 1. The molecule has 0 radical (unpaired) electrons. The molecule has 0 saturated heterocycles. The Morgan fingerprint density at radius 1 is 1.60 bits per heavy atom. The first kappa shape index (κ1) is 11.7. The zero-order valence-corrected chi connectivity index (χ0v) is 8.73. The van der Waals surface area contributed by atoms with Crippen LogP contribution in [-0.2, 0) is 4.79 Å². The van der Waals surface area contributed by atoms with Gasteiger partial charge in [-0.1, -0.05) is 12.1 Å².